The van der Waals surface area contributed by atoms with Crippen LogP contribution in [0.5, 0.6) is 0 Å². The molecule has 1 amide bonds. The fourth-order valence-corrected chi connectivity index (χ4v) is 3.59. The Balaban J connectivity index is 2.06. The van der Waals surface area contributed by atoms with Gasteiger partial charge in [-0.05, 0) is 32.6 Å². The van der Waals surface area contributed by atoms with Crippen LogP contribution in [0, 0.1) is 12.8 Å². The van der Waals surface area contributed by atoms with E-state index in [4.69, 9.17) is 9.52 Å². The first-order valence-electron chi connectivity index (χ1n) is 7.69. The third kappa shape index (κ3) is 3.78. The largest absolute Gasteiger partial charge is 0.481 e. The fraction of sp³-hybridized carbons (Fsp3) is 0.600. The standard InChI is InChI=1S/C15H22N2O6S/c1-9-12(8-13(23-9)24(21,22)17(2)3)14(18)16-11-6-4-10(5-7-11)15(19)20/h8,10-11H,4-7H2,1-3H3,(H,16,18)(H,19,20). The number of aliphatic carboxylic acids is 1. The summed E-state index contributed by atoms with van der Waals surface area (Å²) in [5.74, 6) is -1.34. The number of amides is 1. The number of carboxylic acid groups (broad SMARTS) is 1. The van der Waals surface area contributed by atoms with E-state index in [0.717, 1.165) is 4.31 Å². The second-order valence-corrected chi connectivity index (χ2v) is 8.27. The van der Waals surface area contributed by atoms with Gasteiger partial charge in [0.25, 0.3) is 15.9 Å². The van der Waals surface area contributed by atoms with E-state index in [-0.39, 0.29) is 28.4 Å². The molecule has 1 heterocycles. The Morgan fingerprint density at radius 1 is 1.25 bits per heavy atom. The molecule has 0 spiro atoms. The molecule has 134 valence electrons. The molecule has 0 radical (unpaired) electrons. The maximum absolute atomic E-state index is 12.4. The molecule has 0 unspecified atom stereocenters. The maximum atomic E-state index is 12.4. The molecule has 0 atom stereocenters. The Labute approximate surface area is 140 Å². The summed E-state index contributed by atoms with van der Waals surface area (Å²) in [6.45, 7) is 1.53. The molecule has 8 nitrogen and oxygen atoms in total. The first-order valence-corrected chi connectivity index (χ1v) is 9.13. The van der Waals surface area contributed by atoms with E-state index >= 15 is 0 Å². The van der Waals surface area contributed by atoms with Crippen LogP contribution >= 0.6 is 0 Å². The first kappa shape index (κ1) is 18.5. The van der Waals surface area contributed by atoms with Crippen LogP contribution in [0.2, 0.25) is 0 Å². The van der Waals surface area contributed by atoms with Crippen LogP contribution < -0.4 is 5.32 Å². The van der Waals surface area contributed by atoms with Crippen molar-refractivity contribution in [2.24, 2.45) is 5.92 Å². The minimum atomic E-state index is -3.74. The van der Waals surface area contributed by atoms with E-state index in [1.165, 1.54) is 27.1 Å². The third-order valence-corrected chi connectivity index (χ3v) is 5.96. The fourth-order valence-electron chi connectivity index (χ4n) is 2.74. The molecule has 2 rings (SSSR count). The van der Waals surface area contributed by atoms with Gasteiger partial charge in [0.1, 0.15) is 5.76 Å². The predicted octanol–water partition coefficient (Wildman–Crippen LogP) is 1.21. The average Bonchev–Trinajstić information content (AvgIpc) is 2.90. The molecule has 0 bridgehead atoms. The molecule has 9 heteroatoms. The normalized spacial score (nSPS) is 21.7. The summed E-state index contributed by atoms with van der Waals surface area (Å²) in [6.07, 6.45) is 2.21. The lowest BCUT2D eigenvalue weighted by atomic mass is 9.86. The van der Waals surface area contributed by atoms with Crippen molar-refractivity contribution in [2.45, 2.75) is 43.7 Å². The van der Waals surface area contributed by atoms with Gasteiger partial charge < -0.3 is 14.8 Å². The summed E-state index contributed by atoms with van der Waals surface area (Å²) in [4.78, 5) is 23.3. The quantitative estimate of drug-likeness (QED) is 0.817. The zero-order chi connectivity index (χ0) is 18.1. The van der Waals surface area contributed by atoms with E-state index in [1.807, 2.05) is 0 Å². The van der Waals surface area contributed by atoms with Crippen molar-refractivity contribution in [3.8, 4) is 0 Å². The summed E-state index contributed by atoms with van der Waals surface area (Å²) in [5, 5.41) is 11.5. The summed E-state index contributed by atoms with van der Waals surface area (Å²) >= 11 is 0. The van der Waals surface area contributed by atoms with Gasteiger partial charge in [-0.3, -0.25) is 9.59 Å². The predicted molar refractivity (Wildman–Crippen MR) is 85.2 cm³/mol. The van der Waals surface area contributed by atoms with Crippen molar-refractivity contribution in [2.75, 3.05) is 14.1 Å². The smallest absolute Gasteiger partial charge is 0.306 e. The lowest BCUT2D eigenvalue weighted by Gasteiger charge is -2.26. The molecule has 0 saturated heterocycles. The second-order valence-electron chi connectivity index (χ2n) is 6.18. The number of rotatable bonds is 5. The molecule has 1 saturated carbocycles. The number of nitrogens with one attached hydrogen (secondary N) is 1. The molecule has 2 N–H and O–H groups in total. The highest BCUT2D eigenvalue weighted by Gasteiger charge is 2.29. The van der Waals surface area contributed by atoms with Crippen LogP contribution in [0.4, 0.5) is 0 Å². The van der Waals surface area contributed by atoms with E-state index in [9.17, 15) is 18.0 Å². The molecular weight excluding hydrogens is 336 g/mol. The summed E-state index contributed by atoms with van der Waals surface area (Å²) in [5.41, 5.74) is 0.177. The number of carbonyl (C=O) groups is 2. The molecular formula is C15H22N2O6S. The number of aryl methyl sites for hydroxylation is 1. The molecule has 1 aromatic rings. The minimum Gasteiger partial charge on any atom is -0.481 e. The van der Waals surface area contributed by atoms with Crippen LogP contribution in [0.25, 0.3) is 0 Å². The van der Waals surface area contributed by atoms with Crippen LogP contribution in [0.3, 0.4) is 0 Å². The van der Waals surface area contributed by atoms with Crippen molar-refractivity contribution in [1.29, 1.82) is 0 Å². The van der Waals surface area contributed by atoms with E-state index in [0.29, 0.717) is 25.7 Å². The molecule has 0 aliphatic heterocycles. The Morgan fingerprint density at radius 2 is 1.83 bits per heavy atom. The van der Waals surface area contributed by atoms with Crippen molar-refractivity contribution in [3.63, 3.8) is 0 Å². The number of hydrogen-bond donors (Lipinski definition) is 2. The van der Waals surface area contributed by atoms with Crippen LogP contribution in [0.15, 0.2) is 15.6 Å². The molecule has 0 aromatic carbocycles. The monoisotopic (exact) mass is 358 g/mol. The van der Waals surface area contributed by atoms with Crippen molar-refractivity contribution >= 4 is 21.9 Å². The summed E-state index contributed by atoms with van der Waals surface area (Å²) in [7, 11) is -0.975. The molecule has 24 heavy (non-hydrogen) atoms. The molecule has 1 aliphatic rings. The Hall–Kier alpha value is -1.87. The Morgan fingerprint density at radius 3 is 2.33 bits per heavy atom. The number of sulfonamides is 1. The van der Waals surface area contributed by atoms with E-state index in [1.54, 1.807) is 0 Å². The van der Waals surface area contributed by atoms with Gasteiger partial charge in [0.2, 0.25) is 5.09 Å². The van der Waals surface area contributed by atoms with Gasteiger partial charge in [-0.2, -0.15) is 0 Å². The summed E-state index contributed by atoms with van der Waals surface area (Å²) in [6, 6.07) is 1.11. The molecule has 1 aromatic heterocycles. The van der Waals surface area contributed by atoms with Gasteiger partial charge in [0.15, 0.2) is 0 Å². The number of carboxylic acids is 1. The lowest BCUT2D eigenvalue weighted by molar-refractivity contribution is -0.142. The first-order chi connectivity index (χ1) is 11.1. The number of furan rings is 1. The zero-order valence-corrected chi connectivity index (χ0v) is 14.7. The van der Waals surface area contributed by atoms with E-state index in [2.05, 4.69) is 5.32 Å². The van der Waals surface area contributed by atoms with Gasteiger partial charge in [0, 0.05) is 26.2 Å². The number of carbonyl (C=O) groups excluding carboxylic acids is 1. The highest BCUT2D eigenvalue weighted by molar-refractivity contribution is 7.88. The lowest BCUT2D eigenvalue weighted by Crippen LogP contribution is -2.38. The number of hydrogen-bond acceptors (Lipinski definition) is 5. The highest BCUT2D eigenvalue weighted by Crippen LogP contribution is 2.26. The van der Waals surface area contributed by atoms with E-state index < -0.39 is 21.9 Å². The zero-order valence-electron chi connectivity index (χ0n) is 13.9. The van der Waals surface area contributed by atoms with Crippen LogP contribution in [0.1, 0.15) is 41.8 Å². The van der Waals surface area contributed by atoms with Crippen molar-refractivity contribution < 1.29 is 27.5 Å². The third-order valence-electron chi connectivity index (χ3n) is 4.29. The molecule has 1 aliphatic carbocycles. The minimum absolute atomic E-state index is 0.115. The van der Waals surface area contributed by atoms with Gasteiger partial charge in [0.05, 0.1) is 11.5 Å². The van der Waals surface area contributed by atoms with Gasteiger partial charge in [-0.15, -0.1) is 0 Å². The van der Waals surface area contributed by atoms with Crippen molar-refractivity contribution in [3.05, 3.63) is 17.4 Å². The highest BCUT2D eigenvalue weighted by atomic mass is 32.2. The van der Waals surface area contributed by atoms with Crippen LogP contribution in [-0.4, -0.2) is 49.8 Å². The number of nitrogens with zero attached hydrogens (tertiary/aromatic N) is 1. The molecule has 1 fully saturated rings. The average molecular weight is 358 g/mol. The summed E-state index contributed by atoms with van der Waals surface area (Å²) < 4.78 is 30.4. The SMILES string of the molecule is Cc1oc(S(=O)(=O)N(C)C)cc1C(=O)NC1CCC(C(=O)O)CC1. The van der Waals surface area contributed by atoms with Crippen molar-refractivity contribution in [1.82, 2.24) is 9.62 Å². The second kappa shape index (κ2) is 6.94. The van der Waals surface area contributed by atoms with Gasteiger partial charge >= 0.3 is 5.97 Å². The maximum Gasteiger partial charge on any atom is 0.306 e. The van der Waals surface area contributed by atoms with Crippen LogP contribution in [-0.2, 0) is 14.8 Å². The van der Waals surface area contributed by atoms with Gasteiger partial charge in [-0.1, -0.05) is 0 Å². The topological polar surface area (TPSA) is 117 Å². The Bertz CT molecular complexity index is 729. The van der Waals surface area contributed by atoms with Gasteiger partial charge in [-0.25, -0.2) is 12.7 Å². The Kier molecular flexibility index (Phi) is 5.34.